The van der Waals surface area contributed by atoms with E-state index in [2.05, 4.69) is 31.3 Å². The van der Waals surface area contributed by atoms with E-state index in [-0.39, 0.29) is 17.7 Å². The largest absolute Gasteiger partial charge is 0.354 e. The van der Waals surface area contributed by atoms with E-state index in [0.717, 1.165) is 25.0 Å². The average Bonchev–Trinajstić information content (AvgIpc) is 2.93. The number of carbonyl (C=O) groups excluding carboxylic acids is 2. The van der Waals surface area contributed by atoms with E-state index in [1.54, 1.807) is 30.8 Å². The fraction of sp³-hybridized carbons (Fsp3) is 0.758. The van der Waals surface area contributed by atoms with Gasteiger partial charge in [0, 0.05) is 32.3 Å². The first kappa shape index (κ1) is 34.5. The second-order valence-corrected chi connectivity index (χ2v) is 12.9. The molecule has 1 aromatic rings. The third kappa shape index (κ3) is 15.2. The maximum Gasteiger partial charge on any atom is 0.239 e. The molecule has 1 N–H and O–H groups in total. The van der Waals surface area contributed by atoms with Crippen LogP contribution in [0.2, 0.25) is 0 Å². The molecular weight excluding hydrogens is 488 g/mol. The van der Waals surface area contributed by atoms with Crippen LogP contribution >= 0.6 is 11.8 Å². The first-order valence-electron chi connectivity index (χ1n) is 15.5. The van der Waals surface area contributed by atoms with Crippen LogP contribution in [0.1, 0.15) is 129 Å². The maximum atomic E-state index is 13.0. The van der Waals surface area contributed by atoms with Gasteiger partial charge in [-0.25, -0.2) is 0 Å². The number of hydrogen-bond donors (Lipinski definition) is 1. The summed E-state index contributed by atoms with van der Waals surface area (Å²) < 4.78 is -0.692. The van der Waals surface area contributed by atoms with Crippen molar-refractivity contribution in [2.45, 2.75) is 134 Å². The van der Waals surface area contributed by atoms with Crippen LogP contribution in [0.25, 0.3) is 0 Å². The number of amides is 2. The Morgan fingerprint density at radius 2 is 1.32 bits per heavy atom. The Kier molecular flexibility index (Phi) is 19.4. The molecule has 2 amide bonds. The molecule has 2 atom stereocenters. The molecule has 0 aliphatic carbocycles. The molecule has 5 heteroatoms. The van der Waals surface area contributed by atoms with Gasteiger partial charge in [0.25, 0.3) is 0 Å². The van der Waals surface area contributed by atoms with Crippen molar-refractivity contribution in [2.75, 3.05) is 20.6 Å². The summed E-state index contributed by atoms with van der Waals surface area (Å²) in [6.07, 6.45) is 20.6. The molecule has 0 aliphatic rings. The lowest BCUT2D eigenvalue weighted by Gasteiger charge is -2.31. The van der Waals surface area contributed by atoms with Gasteiger partial charge in [-0.1, -0.05) is 134 Å². The molecule has 0 saturated carbocycles. The monoisotopic (exact) mass is 546 g/mol. The number of nitrogens with zero attached hydrogens (tertiary/aromatic N) is 1. The predicted molar refractivity (Wildman–Crippen MR) is 167 cm³/mol. The van der Waals surface area contributed by atoms with E-state index >= 15 is 0 Å². The molecule has 1 rings (SSSR count). The smallest absolute Gasteiger partial charge is 0.239 e. The van der Waals surface area contributed by atoms with Gasteiger partial charge in [-0.3, -0.25) is 9.59 Å². The SMILES string of the molecule is CCCCCCCCCCCCCCCCC(CC)C(=O)NCC(C)(SCc1ccccc1)C(=O)N(C)C. The molecule has 0 spiro atoms. The zero-order chi connectivity index (χ0) is 28.1. The molecule has 1 aromatic carbocycles. The van der Waals surface area contributed by atoms with E-state index in [0.29, 0.717) is 6.54 Å². The molecule has 0 bridgehead atoms. The first-order valence-corrected chi connectivity index (χ1v) is 16.5. The van der Waals surface area contributed by atoms with Crippen molar-refractivity contribution < 1.29 is 9.59 Å². The molecule has 0 radical (unpaired) electrons. The Hall–Kier alpha value is -1.49. The molecule has 38 heavy (non-hydrogen) atoms. The summed E-state index contributed by atoms with van der Waals surface area (Å²) in [7, 11) is 3.58. The van der Waals surface area contributed by atoms with Crippen LogP contribution < -0.4 is 5.32 Å². The molecule has 0 aromatic heterocycles. The van der Waals surface area contributed by atoms with Crippen LogP contribution in [0, 0.1) is 5.92 Å². The highest BCUT2D eigenvalue weighted by Crippen LogP contribution is 2.30. The summed E-state index contributed by atoms with van der Waals surface area (Å²) in [6, 6.07) is 10.2. The number of nitrogens with one attached hydrogen (secondary N) is 1. The zero-order valence-corrected chi connectivity index (χ0v) is 26.2. The van der Waals surface area contributed by atoms with E-state index in [1.807, 2.05) is 25.1 Å². The van der Waals surface area contributed by atoms with Gasteiger partial charge in [-0.15, -0.1) is 11.8 Å². The van der Waals surface area contributed by atoms with Crippen LogP contribution in [-0.4, -0.2) is 42.1 Å². The third-order valence-corrected chi connectivity index (χ3v) is 9.06. The quantitative estimate of drug-likeness (QED) is 0.140. The summed E-state index contributed by atoms with van der Waals surface area (Å²) >= 11 is 1.61. The fourth-order valence-corrected chi connectivity index (χ4v) is 6.14. The topological polar surface area (TPSA) is 49.4 Å². The van der Waals surface area contributed by atoms with Gasteiger partial charge < -0.3 is 10.2 Å². The Labute approximate surface area is 239 Å². The van der Waals surface area contributed by atoms with Crippen molar-refractivity contribution in [3.8, 4) is 0 Å². The fourth-order valence-electron chi connectivity index (χ4n) is 4.98. The summed E-state index contributed by atoms with van der Waals surface area (Å²) in [5.74, 6) is 0.910. The second kappa shape index (κ2) is 21.3. The Bertz CT molecular complexity index is 740. The van der Waals surface area contributed by atoms with Crippen LogP contribution in [0.4, 0.5) is 0 Å². The number of carbonyl (C=O) groups is 2. The number of rotatable bonds is 23. The molecule has 2 unspecified atom stereocenters. The van der Waals surface area contributed by atoms with Crippen LogP contribution in [0.5, 0.6) is 0 Å². The van der Waals surface area contributed by atoms with Crippen molar-refractivity contribution in [1.82, 2.24) is 10.2 Å². The highest BCUT2D eigenvalue weighted by Gasteiger charge is 2.36. The zero-order valence-electron chi connectivity index (χ0n) is 25.4. The van der Waals surface area contributed by atoms with Gasteiger partial charge >= 0.3 is 0 Å². The third-order valence-electron chi connectivity index (χ3n) is 7.63. The molecule has 0 saturated heterocycles. The summed E-state index contributed by atoms with van der Waals surface area (Å²) in [5, 5.41) is 3.14. The highest BCUT2D eigenvalue weighted by molar-refractivity contribution is 8.00. The Morgan fingerprint density at radius 1 is 0.816 bits per heavy atom. The number of unbranched alkanes of at least 4 members (excludes halogenated alkanes) is 13. The van der Waals surface area contributed by atoms with E-state index in [9.17, 15) is 9.59 Å². The average molecular weight is 547 g/mol. The molecule has 0 heterocycles. The lowest BCUT2D eigenvalue weighted by Crippen LogP contribution is -2.50. The Morgan fingerprint density at radius 3 is 1.79 bits per heavy atom. The molecular formula is C33H58N2O2S. The number of hydrogen-bond acceptors (Lipinski definition) is 3. The van der Waals surface area contributed by atoms with Gasteiger partial charge in [0.1, 0.15) is 4.75 Å². The molecule has 0 fully saturated rings. The molecule has 0 aliphatic heterocycles. The van der Waals surface area contributed by atoms with Crippen LogP contribution in [0.15, 0.2) is 30.3 Å². The van der Waals surface area contributed by atoms with Crippen molar-refractivity contribution in [3.05, 3.63) is 35.9 Å². The normalized spacial score (nSPS) is 13.6. The lowest BCUT2D eigenvalue weighted by molar-refractivity contribution is -0.131. The summed E-state index contributed by atoms with van der Waals surface area (Å²) in [5.41, 5.74) is 1.19. The van der Waals surface area contributed by atoms with E-state index in [4.69, 9.17) is 0 Å². The Balaban J connectivity index is 2.27. The minimum Gasteiger partial charge on any atom is -0.354 e. The van der Waals surface area contributed by atoms with Crippen molar-refractivity contribution in [2.24, 2.45) is 5.92 Å². The lowest BCUT2D eigenvalue weighted by atomic mass is 9.96. The second-order valence-electron chi connectivity index (χ2n) is 11.4. The van der Waals surface area contributed by atoms with Crippen LogP contribution in [0.3, 0.4) is 0 Å². The van der Waals surface area contributed by atoms with Gasteiger partial charge in [-0.2, -0.15) is 0 Å². The van der Waals surface area contributed by atoms with Gasteiger partial charge in [-0.05, 0) is 25.3 Å². The van der Waals surface area contributed by atoms with Gasteiger partial charge in [0.2, 0.25) is 11.8 Å². The highest BCUT2D eigenvalue weighted by atomic mass is 32.2. The van der Waals surface area contributed by atoms with Crippen molar-refractivity contribution in [1.29, 1.82) is 0 Å². The van der Waals surface area contributed by atoms with E-state index < -0.39 is 4.75 Å². The first-order chi connectivity index (χ1) is 18.3. The number of thioether (sulfide) groups is 1. The summed E-state index contributed by atoms with van der Waals surface area (Å²) in [6.45, 7) is 6.69. The van der Waals surface area contributed by atoms with Crippen LogP contribution in [-0.2, 0) is 15.3 Å². The minimum atomic E-state index is -0.692. The molecule has 4 nitrogen and oxygen atoms in total. The van der Waals surface area contributed by atoms with E-state index in [1.165, 1.54) is 89.0 Å². The number of benzene rings is 1. The standard InChI is InChI=1S/C33H58N2O2S/c1-6-8-9-10-11-12-13-14-15-16-17-18-19-23-26-30(7-2)31(36)34-28-33(3,32(37)35(4)5)38-27-29-24-21-20-22-25-29/h20-22,24-25,30H,6-19,23,26-28H2,1-5H3,(H,34,36). The summed E-state index contributed by atoms with van der Waals surface area (Å²) in [4.78, 5) is 27.7. The van der Waals surface area contributed by atoms with Crippen molar-refractivity contribution in [3.63, 3.8) is 0 Å². The van der Waals surface area contributed by atoms with Crippen molar-refractivity contribution >= 4 is 23.6 Å². The maximum absolute atomic E-state index is 13.0. The van der Waals surface area contributed by atoms with Gasteiger partial charge in [0.05, 0.1) is 0 Å². The van der Waals surface area contributed by atoms with Gasteiger partial charge in [0.15, 0.2) is 0 Å². The molecule has 218 valence electrons. The minimum absolute atomic E-state index is 0.0326. The predicted octanol–water partition coefficient (Wildman–Crippen LogP) is 8.78.